The first-order chi connectivity index (χ1) is 20.2. The van der Waals surface area contributed by atoms with E-state index in [9.17, 15) is 14.4 Å². The predicted octanol–water partition coefficient (Wildman–Crippen LogP) is 3.54. The van der Waals surface area contributed by atoms with Gasteiger partial charge in [0.1, 0.15) is 11.8 Å². The molecule has 0 saturated heterocycles. The fraction of sp³-hybridized carbons (Fsp3) is 0.355. The molecule has 0 aliphatic carbocycles. The average molecular weight is 595 g/mol. The van der Waals surface area contributed by atoms with Gasteiger partial charge in [0, 0.05) is 11.1 Å². The number of nitrogens with zero attached hydrogens (tertiary/aromatic N) is 2. The number of benzene rings is 2. The molecule has 0 spiro atoms. The molecule has 0 saturated carbocycles. The predicted molar refractivity (Wildman–Crippen MR) is 158 cm³/mol. The Bertz CT molecular complexity index is 1690. The Hall–Kier alpha value is -4.38. The largest absolute Gasteiger partial charge is 0.493 e. The summed E-state index contributed by atoms with van der Waals surface area (Å²) in [5.41, 5.74) is 1.50. The van der Waals surface area contributed by atoms with Crippen LogP contribution in [0, 0.1) is 0 Å². The second kappa shape index (κ2) is 13.5. The minimum Gasteiger partial charge on any atom is -0.493 e. The molecule has 0 fully saturated rings. The summed E-state index contributed by atoms with van der Waals surface area (Å²) < 4.78 is 29.5. The van der Waals surface area contributed by atoms with E-state index in [4.69, 9.17) is 23.7 Å². The summed E-state index contributed by atoms with van der Waals surface area (Å²) in [5.74, 6) is 0.136. The minimum atomic E-state index is -0.831. The number of thiazole rings is 1. The lowest BCUT2D eigenvalue weighted by atomic mass is 9.95. The molecule has 4 rings (SSSR count). The molecule has 2 heterocycles. The van der Waals surface area contributed by atoms with Crippen molar-refractivity contribution in [1.29, 1.82) is 0 Å². The van der Waals surface area contributed by atoms with Gasteiger partial charge in [0.2, 0.25) is 0 Å². The van der Waals surface area contributed by atoms with E-state index in [0.717, 1.165) is 0 Å². The summed E-state index contributed by atoms with van der Waals surface area (Å²) in [6, 6.07) is 11.7. The molecule has 0 unspecified atom stereocenters. The third-order valence-electron chi connectivity index (χ3n) is 6.25. The van der Waals surface area contributed by atoms with E-state index in [1.54, 1.807) is 45.0 Å². The number of rotatable bonds is 11. The number of methoxy groups -OCH3 is 1. The van der Waals surface area contributed by atoms with Crippen LogP contribution in [-0.4, -0.2) is 49.5 Å². The first-order valence-corrected chi connectivity index (χ1v) is 14.4. The zero-order chi connectivity index (χ0) is 30.4. The Morgan fingerprint density at radius 1 is 1.05 bits per heavy atom. The minimum absolute atomic E-state index is 0.140. The Labute approximate surface area is 247 Å². The number of carbonyl (C=O) groups is 2. The Kier molecular flexibility index (Phi) is 9.84. The number of allylic oxidation sites excluding steroid dienone is 1. The lowest BCUT2D eigenvalue weighted by molar-refractivity contribution is -0.145. The molecule has 222 valence electrons. The molecule has 10 nitrogen and oxygen atoms in total. The highest BCUT2D eigenvalue weighted by atomic mass is 32.1. The summed E-state index contributed by atoms with van der Waals surface area (Å²) in [6.07, 6.45) is 1.52. The van der Waals surface area contributed by atoms with Crippen LogP contribution in [0.15, 0.2) is 63.5 Å². The van der Waals surface area contributed by atoms with E-state index in [1.165, 1.54) is 23.0 Å². The molecule has 0 N–H and O–H groups in total. The summed E-state index contributed by atoms with van der Waals surface area (Å²) in [4.78, 5) is 44.4. The van der Waals surface area contributed by atoms with Crippen molar-refractivity contribution in [2.24, 2.45) is 4.99 Å². The van der Waals surface area contributed by atoms with Gasteiger partial charge in [-0.05, 0) is 52.8 Å². The van der Waals surface area contributed by atoms with Gasteiger partial charge in [-0.25, -0.2) is 14.6 Å². The second-order valence-electron chi connectivity index (χ2n) is 9.48. The summed E-state index contributed by atoms with van der Waals surface area (Å²) in [6.45, 7) is 9.04. The van der Waals surface area contributed by atoms with Gasteiger partial charge in [0.25, 0.3) is 5.56 Å². The molecule has 1 atom stereocenters. The van der Waals surface area contributed by atoms with Crippen LogP contribution < -0.4 is 29.1 Å². The third-order valence-corrected chi connectivity index (χ3v) is 7.23. The molecule has 2 aromatic carbocycles. The molecule has 1 aromatic heterocycles. The van der Waals surface area contributed by atoms with E-state index >= 15 is 0 Å². The van der Waals surface area contributed by atoms with Gasteiger partial charge >= 0.3 is 11.9 Å². The molecule has 0 radical (unpaired) electrons. The van der Waals surface area contributed by atoms with Crippen LogP contribution in [0.2, 0.25) is 0 Å². The number of esters is 2. The second-order valence-corrected chi connectivity index (χ2v) is 10.5. The third kappa shape index (κ3) is 6.41. The van der Waals surface area contributed by atoms with Crippen molar-refractivity contribution < 1.29 is 33.3 Å². The summed E-state index contributed by atoms with van der Waals surface area (Å²) >= 11 is 1.17. The van der Waals surface area contributed by atoms with E-state index in [-0.39, 0.29) is 42.8 Å². The molecule has 1 aliphatic rings. The first-order valence-electron chi connectivity index (χ1n) is 13.6. The van der Waals surface area contributed by atoms with Gasteiger partial charge in [0.15, 0.2) is 22.9 Å². The number of hydrogen-bond donors (Lipinski definition) is 0. The lowest BCUT2D eigenvalue weighted by Gasteiger charge is -2.26. The van der Waals surface area contributed by atoms with Crippen LogP contribution in [0.5, 0.6) is 17.2 Å². The standard InChI is InChI=1S/C31H34N2O8S/c1-7-38-25(34)17-40-28-20(12-11-15-23(28)37-6)16-24-29(35)33-27(21-13-9-10-14-22(21)41-18(3)4)26(30(36)39-8-2)19(5)32-31(33)42-24/h9-16,18,27H,7-8,17H2,1-6H3/b24-16-/t27-/m0/s1. The topological polar surface area (TPSA) is 115 Å². The van der Waals surface area contributed by atoms with Gasteiger partial charge in [0.05, 0.1) is 42.2 Å². The zero-order valence-corrected chi connectivity index (χ0v) is 25.3. The summed E-state index contributed by atoms with van der Waals surface area (Å²) in [7, 11) is 1.49. The summed E-state index contributed by atoms with van der Waals surface area (Å²) in [5, 5.41) is 0. The Morgan fingerprint density at radius 3 is 2.45 bits per heavy atom. The SMILES string of the molecule is CCOC(=O)COc1c(/C=c2\sc3n(c2=O)[C@@H](c2ccccc2OC(C)C)C(C(=O)OCC)=C(C)N=3)cccc1OC. The van der Waals surface area contributed by atoms with Gasteiger partial charge in [-0.3, -0.25) is 9.36 Å². The van der Waals surface area contributed by atoms with Crippen molar-refractivity contribution in [3.63, 3.8) is 0 Å². The maximum absolute atomic E-state index is 14.1. The number of carbonyl (C=O) groups excluding carboxylic acids is 2. The van der Waals surface area contributed by atoms with Gasteiger partial charge in [-0.2, -0.15) is 0 Å². The van der Waals surface area contributed by atoms with Crippen molar-refractivity contribution in [3.05, 3.63) is 84.5 Å². The molecule has 0 bridgehead atoms. The highest BCUT2D eigenvalue weighted by Gasteiger charge is 2.35. The quantitative estimate of drug-likeness (QED) is 0.310. The highest BCUT2D eigenvalue weighted by molar-refractivity contribution is 7.07. The fourth-order valence-electron chi connectivity index (χ4n) is 4.59. The van der Waals surface area contributed by atoms with Crippen molar-refractivity contribution in [2.45, 2.75) is 46.8 Å². The number of aromatic nitrogens is 1. The average Bonchev–Trinajstić information content (AvgIpc) is 3.25. The van der Waals surface area contributed by atoms with Crippen molar-refractivity contribution in [3.8, 4) is 17.2 Å². The van der Waals surface area contributed by atoms with Crippen LogP contribution in [0.4, 0.5) is 0 Å². The van der Waals surface area contributed by atoms with Crippen LogP contribution in [0.1, 0.15) is 51.8 Å². The molecule has 0 amide bonds. The number of para-hydroxylation sites is 2. The monoisotopic (exact) mass is 594 g/mol. The van der Waals surface area contributed by atoms with Crippen LogP contribution >= 0.6 is 11.3 Å². The molecular weight excluding hydrogens is 560 g/mol. The molecule has 1 aliphatic heterocycles. The highest BCUT2D eigenvalue weighted by Crippen LogP contribution is 2.36. The number of ether oxygens (including phenoxy) is 5. The van der Waals surface area contributed by atoms with E-state index < -0.39 is 18.0 Å². The molecular formula is C31H34N2O8S. The number of fused-ring (bicyclic) bond motifs is 1. The molecule has 42 heavy (non-hydrogen) atoms. The van der Waals surface area contributed by atoms with Gasteiger partial charge < -0.3 is 23.7 Å². The van der Waals surface area contributed by atoms with Crippen molar-refractivity contribution >= 4 is 29.4 Å². The smallest absolute Gasteiger partial charge is 0.344 e. The van der Waals surface area contributed by atoms with Crippen LogP contribution in [0.3, 0.4) is 0 Å². The van der Waals surface area contributed by atoms with Crippen molar-refractivity contribution in [2.75, 3.05) is 26.9 Å². The van der Waals surface area contributed by atoms with Crippen LogP contribution in [0.25, 0.3) is 6.08 Å². The van der Waals surface area contributed by atoms with E-state index in [2.05, 4.69) is 4.99 Å². The number of hydrogen-bond acceptors (Lipinski definition) is 10. The van der Waals surface area contributed by atoms with Gasteiger partial charge in [-0.15, -0.1) is 0 Å². The lowest BCUT2D eigenvalue weighted by Crippen LogP contribution is -2.40. The van der Waals surface area contributed by atoms with Crippen molar-refractivity contribution in [1.82, 2.24) is 4.57 Å². The van der Waals surface area contributed by atoms with E-state index in [0.29, 0.717) is 37.7 Å². The maximum Gasteiger partial charge on any atom is 0.344 e. The Balaban J connectivity index is 1.92. The Morgan fingerprint density at radius 2 is 1.76 bits per heavy atom. The van der Waals surface area contributed by atoms with E-state index in [1.807, 2.05) is 38.1 Å². The fourth-order valence-corrected chi connectivity index (χ4v) is 5.63. The molecule has 11 heteroatoms. The zero-order valence-electron chi connectivity index (χ0n) is 24.5. The normalized spacial score (nSPS) is 14.7. The maximum atomic E-state index is 14.1. The first kappa shape index (κ1) is 30.6. The molecule has 3 aromatic rings. The van der Waals surface area contributed by atoms with Crippen LogP contribution in [-0.2, 0) is 19.1 Å². The van der Waals surface area contributed by atoms with Gasteiger partial charge in [-0.1, -0.05) is 41.7 Å².